The molecule has 3 nitrogen and oxygen atoms in total. The Morgan fingerprint density at radius 2 is 1.62 bits per heavy atom. The molecule has 0 saturated carbocycles. The van der Waals surface area contributed by atoms with E-state index in [0.29, 0.717) is 0 Å². The van der Waals surface area contributed by atoms with Crippen LogP contribution in [0.2, 0.25) is 0 Å². The van der Waals surface area contributed by atoms with Crippen LogP contribution in [0.15, 0.2) is 15.3 Å². The summed E-state index contributed by atoms with van der Waals surface area (Å²) in [5, 5.41) is 0. The first-order valence-electron chi connectivity index (χ1n) is 4.21. The topological polar surface area (TPSA) is 29.0 Å². The van der Waals surface area contributed by atoms with Gasteiger partial charge in [0.25, 0.3) is 0 Å². The normalized spacial score (nSPS) is 16.6. The Labute approximate surface area is 93.8 Å². The van der Waals surface area contributed by atoms with Crippen molar-refractivity contribution in [2.45, 2.75) is 12.8 Å². The quantitative estimate of drug-likeness (QED) is 0.747. The molecule has 2 rings (SSSR count). The first-order valence-corrected chi connectivity index (χ1v) is 5.79. The monoisotopic (exact) mass is 305 g/mol. The summed E-state index contributed by atoms with van der Waals surface area (Å²) in [5.41, 5.74) is 0. The molecule has 1 aliphatic rings. The molecule has 0 aromatic carbocycles. The van der Waals surface area contributed by atoms with Crippen LogP contribution >= 0.6 is 31.9 Å². The average molecular weight is 307 g/mol. The number of aromatic nitrogens is 2. The fourth-order valence-electron chi connectivity index (χ4n) is 1.44. The lowest BCUT2D eigenvalue weighted by molar-refractivity contribution is 0.888. The van der Waals surface area contributed by atoms with Crippen molar-refractivity contribution in [1.82, 2.24) is 9.97 Å². The van der Waals surface area contributed by atoms with Crippen LogP contribution in [-0.2, 0) is 0 Å². The molecular formula is C8H9Br2N3. The second-order valence-electron chi connectivity index (χ2n) is 3.01. The van der Waals surface area contributed by atoms with Crippen molar-refractivity contribution < 1.29 is 0 Å². The molecule has 1 aromatic heterocycles. The van der Waals surface area contributed by atoms with Crippen molar-refractivity contribution in [2.24, 2.45) is 0 Å². The van der Waals surface area contributed by atoms with Gasteiger partial charge in [0.2, 0.25) is 5.95 Å². The number of nitrogens with zero attached hydrogens (tertiary/aromatic N) is 3. The highest BCUT2D eigenvalue weighted by Gasteiger charge is 2.15. The van der Waals surface area contributed by atoms with Crippen LogP contribution in [0.25, 0.3) is 0 Å². The highest BCUT2D eigenvalue weighted by molar-refractivity contribution is 9.11. The van der Waals surface area contributed by atoms with Gasteiger partial charge >= 0.3 is 0 Å². The SMILES string of the molecule is Brc1cc(Br)nc(N2CCCC2)n1. The molecule has 0 aliphatic carbocycles. The molecule has 1 aromatic rings. The van der Waals surface area contributed by atoms with Gasteiger partial charge < -0.3 is 4.90 Å². The maximum absolute atomic E-state index is 4.32. The lowest BCUT2D eigenvalue weighted by Gasteiger charge is -2.14. The Morgan fingerprint density at radius 3 is 2.15 bits per heavy atom. The third kappa shape index (κ3) is 2.20. The van der Waals surface area contributed by atoms with Gasteiger partial charge in [0.05, 0.1) is 0 Å². The van der Waals surface area contributed by atoms with Gasteiger partial charge in [-0.3, -0.25) is 0 Å². The molecule has 1 saturated heterocycles. The maximum atomic E-state index is 4.32. The molecule has 0 N–H and O–H groups in total. The van der Waals surface area contributed by atoms with Crippen LogP contribution < -0.4 is 4.90 Å². The summed E-state index contributed by atoms with van der Waals surface area (Å²) in [6.45, 7) is 2.14. The van der Waals surface area contributed by atoms with E-state index in [1.54, 1.807) is 0 Å². The lowest BCUT2D eigenvalue weighted by atomic mass is 10.4. The van der Waals surface area contributed by atoms with E-state index in [2.05, 4.69) is 46.7 Å². The molecule has 0 unspecified atom stereocenters. The van der Waals surface area contributed by atoms with E-state index >= 15 is 0 Å². The van der Waals surface area contributed by atoms with Gasteiger partial charge in [-0.05, 0) is 44.7 Å². The fraction of sp³-hybridized carbons (Fsp3) is 0.500. The predicted octanol–water partition coefficient (Wildman–Crippen LogP) is 2.60. The van der Waals surface area contributed by atoms with Gasteiger partial charge in [0.1, 0.15) is 9.21 Å². The van der Waals surface area contributed by atoms with E-state index in [9.17, 15) is 0 Å². The summed E-state index contributed by atoms with van der Waals surface area (Å²) < 4.78 is 1.66. The molecule has 0 spiro atoms. The fourth-order valence-corrected chi connectivity index (χ4v) is 2.50. The zero-order valence-corrected chi connectivity index (χ0v) is 10.2. The second-order valence-corrected chi connectivity index (χ2v) is 4.63. The van der Waals surface area contributed by atoms with Gasteiger partial charge in [0, 0.05) is 19.2 Å². The zero-order valence-electron chi connectivity index (χ0n) is 7.00. The Bertz CT molecular complexity index is 290. The molecule has 70 valence electrons. The van der Waals surface area contributed by atoms with Crippen LogP contribution in [0.3, 0.4) is 0 Å². The van der Waals surface area contributed by atoms with E-state index in [4.69, 9.17) is 0 Å². The number of rotatable bonds is 1. The molecule has 2 heterocycles. The summed E-state index contributed by atoms with van der Waals surface area (Å²) in [7, 11) is 0. The molecule has 1 fully saturated rings. The summed E-state index contributed by atoms with van der Waals surface area (Å²) in [6.07, 6.45) is 2.49. The first-order chi connectivity index (χ1) is 6.25. The smallest absolute Gasteiger partial charge is 0.227 e. The van der Waals surface area contributed by atoms with Gasteiger partial charge in [-0.15, -0.1) is 0 Å². The summed E-state index contributed by atoms with van der Waals surface area (Å²) in [5.74, 6) is 0.818. The van der Waals surface area contributed by atoms with Gasteiger partial charge in [-0.1, -0.05) is 0 Å². The van der Waals surface area contributed by atoms with E-state index in [1.165, 1.54) is 12.8 Å². The minimum Gasteiger partial charge on any atom is -0.341 e. The van der Waals surface area contributed by atoms with Gasteiger partial charge in [-0.2, -0.15) is 0 Å². The molecule has 0 amide bonds. The number of halogens is 2. The minimum absolute atomic E-state index is 0.818. The number of anilines is 1. The van der Waals surface area contributed by atoms with Crippen molar-refractivity contribution in [2.75, 3.05) is 18.0 Å². The Hall–Kier alpha value is -0.160. The summed E-state index contributed by atoms with van der Waals surface area (Å²) in [4.78, 5) is 10.8. The van der Waals surface area contributed by atoms with Crippen molar-refractivity contribution >= 4 is 37.8 Å². The molecule has 0 atom stereocenters. The zero-order chi connectivity index (χ0) is 9.26. The summed E-state index contributed by atoms with van der Waals surface area (Å²) >= 11 is 6.70. The van der Waals surface area contributed by atoms with E-state index < -0.39 is 0 Å². The van der Waals surface area contributed by atoms with Crippen molar-refractivity contribution in [1.29, 1.82) is 0 Å². The molecule has 5 heteroatoms. The molecule has 1 aliphatic heterocycles. The molecule has 13 heavy (non-hydrogen) atoms. The third-order valence-corrected chi connectivity index (χ3v) is 2.85. The van der Waals surface area contributed by atoms with Crippen molar-refractivity contribution in [3.8, 4) is 0 Å². The van der Waals surface area contributed by atoms with Gasteiger partial charge in [0.15, 0.2) is 0 Å². The molecule has 0 radical (unpaired) electrons. The van der Waals surface area contributed by atoms with Crippen molar-refractivity contribution in [3.63, 3.8) is 0 Å². The van der Waals surface area contributed by atoms with Crippen LogP contribution in [-0.4, -0.2) is 23.1 Å². The largest absolute Gasteiger partial charge is 0.341 e. The van der Waals surface area contributed by atoms with Crippen LogP contribution in [0, 0.1) is 0 Å². The van der Waals surface area contributed by atoms with Crippen molar-refractivity contribution in [3.05, 3.63) is 15.3 Å². The minimum atomic E-state index is 0.818. The maximum Gasteiger partial charge on any atom is 0.227 e. The highest BCUT2D eigenvalue weighted by atomic mass is 79.9. The molecular weight excluding hydrogens is 298 g/mol. The lowest BCUT2D eigenvalue weighted by Crippen LogP contribution is -2.20. The second kappa shape index (κ2) is 3.92. The molecule has 0 bridgehead atoms. The van der Waals surface area contributed by atoms with Gasteiger partial charge in [-0.25, -0.2) is 9.97 Å². The van der Waals surface area contributed by atoms with Crippen LogP contribution in [0.5, 0.6) is 0 Å². The Balaban J connectivity index is 2.28. The Morgan fingerprint density at radius 1 is 1.08 bits per heavy atom. The average Bonchev–Trinajstić information content (AvgIpc) is 2.53. The van der Waals surface area contributed by atoms with Crippen LogP contribution in [0.1, 0.15) is 12.8 Å². The first kappa shape index (κ1) is 9.40. The summed E-state index contributed by atoms with van der Waals surface area (Å²) in [6, 6.07) is 1.85. The standard InChI is InChI=1S/C8H9Br2N3/c9-6-5-7(10)12-8(11-6)13-3-1-2-4-13/h5H,1-4H2. The Kier molecular flexibility index (Phi) is 2.83. The predicted molar refractivity (Wildman–Crippen MR) is 58.9 cm³/mol. The number of hydrogen-bond acceptors (Lipinski definition) is 3. The van der Waals surface area contributed by atoms with E-state index in [0.717, 1.165) is 28.2 Å². The number of hydrogen-bond donors (Lipinski definition) is 0. The van der Waals surface area contributed by atoms with Crippen LogP contribution in [0.4, 0.5) is 5.95 Å². The third-order valence-electron chi connectivity index (χ3n) is 2.04. The highest BCUT2D eigenvalue weighted by Crippen LogP contribution is 2.21. The van der Waals surface area contributed by atoms with E-state index in [1.807, 2.05) is 6.07 Å². The van der Waals surface area contributed by atoms with E-state index in [-0.39, 0.29) is 0 Å².